The molecule has 0 saturated heterocycles. The lowest BCUT2D eigenvalue weighted by Crippen LogP contribution is -2.03. The highest BCUT2D eigenvalue weighted by atomic mass is 35.5. The molecular formula is C10H4ClF3N2OS. The van der Waals surface area contributed by atoms with E-state index in [2.05, 4.69) is 9.97 Å². The van der Waals surface area contributed by atoms with E-state index >= 15 is 0 Å². The topological polar surface area (TPSA) is 42.9 Å². The van der Waals surface area contributed by atoms with Gasteiger partial charge in [0.05, 0.1) is 9.90 Å². The molecule has 2 aromatic rings. The average molecular weight is 293 g/mol. The second-order valence-corrected chi connectivity index (χ2v) is 4.63. The molecule has 2 heterocycles. The lowest BCUT2D eigenvalue weighted by atomic mass is 10.2. The van der Waals surface area contributed by atoms with Crippen molar-refractivity contribution in [3.05, 3.63) is 45.1 Å². The van der Waals surface area contributed by atoms with Crippen molar-refractivity contribution in [2.24, 2.45) is 0 Å². The minimum Gasteiger partial charge on any atom is -0.286 e. The fraction of sp³-hybridized carbons (Fsp3) is 0.100. The van der Waals surface area contributed by atoms with Crippen LogP contribution in [0.25, 0.3) is 0 Å². The molecule has 0 saturated carbocycles. The molecule has 0 aromatic carbocycles. The zero-order valence-corrected chi connectivity index (χ0v) is 10.1. The highest BCUT2D eigenvalue weighted by Crippen LogP contribution is 2.33. The number of rotatable bonds is 2. The maximum atomic E-state index is 12.3. The summed E-state index contributed by atoms with van der Waals surface area (Å²) in [6.45, 7) is 0. The van der Waals surface area contributed by atoms with Crippen molar-refractivity contribution in [1.29, 1.82) is 0 Å². The summed E-state index contributed by atoms with van der Waals surface area (Å²) in [6, 6.07) is 2.96. The summed E-state index contributed by atoms with van der Waals surface area (Å²) in [6.07, 6.45) is -2.34. The predicted octanol–water partition coefficient (Wildman–Crippen LogP) is 3.44. The summed E-state index contributed by atoms with van der Waals surface area (Å²) in [5.41, 5.74) is -0.0865. The van der Waals surface area contributed by atoms with Gasteiger partial charge in [0.1, 0.15) is 5.69 Å². The van der Waals surface area contributed by atoms with E-state index in [9.17, 15) is 18.0 Å². The average Bonchev–Trinajstić information content (AvgIpc) is 2.77. The summed E-state index contributed by atoms with van der Waals surface area (Å²) in [5.74, 6) is -0.673. The van der Waals surface area contributed by atoms with E-state index in [-0.39, 0.29) is 26.9 Å². The molecule has 0 radical (unpaired) electrons. The molecule has 2 aromatic heterocycles. The van der Waals surface area contributed by atoms with Gasteiger partial charge in [-0.3, -0.25) is 9.78 Å². The monoisotopic (exact) mass is 292 g/mol. The molecule has 94 valence electrons. The van der Waals surface area contributed by atoms with E-state index in [0.29, 0.717) is 0 Å². The minimum atomic E-state index is -4.56. The molecule has 2 rings (SSSR count). The van der Waals surface area contributed by atoms with Crippen LogP contribution in [0.5, 0.6) is 0 Å². The Balaban J connectivity index is 2.36. The van der Waals surface area contributed by atoms with Gasteiger partial charge in [0, 0.05) is 12.4 Å². The van der Waals surface area contributed by atoms with E-state index in [1.54, 1.807) is 0 Å². The molecule has 18 heavy (non-hydrogen) atoms. The zero-order valence-electron chi connectivity index (χ0n) is 8.53. The van der Waals surface area contributed by atoms with Crippen molar-refractivity contribution in [1.82, 2.24) is 9.97 Å². The Bertz CT molecular complexity index is 597. The van der Waals surface area contributed by atoms with Crippen LogP contribution in [-0.2, 0) is 6.18 Å². The maximum absolute atomic E-state index is 12.3. The van der Waals surface area contributed by atoms with Gasteiger partial charge >= 0.3 is 6.18 Å². The zero-order chi connectivity index (χ0) is 13.3. The Labute approximate surface area is 108 Å². The summed E-state index contributed by atoms with van der Waals surface area (Å²) in [5, 5.41) is -0.984. The molecule has 8 heteroatoms. The van der Waals surface area contributed by atoms with Crippen molar-refractivity contribution in [3.63, 3.8) is 0 Å². The third-order valence-corrected chi connectivity index (χ3v) is 3.29. The second kappa shape index (κ2) is 4.66. The van der Waals surface area contributed by atoms with E-state index < -0.39 is 17.0 Å². The SMILES string of the molecule is O=C(c1cnc(C(F)(F)F)s1)c1ncccc1Cl. The van der Waals surface area contributed by atoms with Gasteiger partial charge in [0.2, 0.25) is 5.78 Å². The lowest BCUT2D eigenvalue weighted by Gasteiger charge is -2.00. The van der Waals surface area contributed by atoms with Gasteiger partial charge in [-0.2, -0.15) is 13.2 Å². The Morgan fingerprint density at radius 3 is 2.61 bits per heavy atom. The number of alkyl halides is 3. The summed E-state index contributed by atoms with van der Waals surface area (Å²) >= 11 is 6.01. The van der Waals surface area contributed by atoms with E-state index in [0.717, 1.165) is 6.20 Å². The number of hydrogen-bond acceptors (Lipinski definition) is 4. The minimum absolute atomic E-state index is 0.0865. The quantitative estimate of drug-likeness (QED) is 0.796. The molecule has 0 N–H and O–H groups in total. The molecule has 0 spiro atoms. The summed E-state index contributed by atoms with van der Waals surface area (Å²) in [7, 11) is 0. The Morgan fingerprint density at radius 2 is 2.06 bits per heavy atom. The van der Waals surface area contributed by atoms with Gasteiger partial charge in [0.15, 0.2) is 5.01 Å². The highest BCUT2D eigenvalue weighted by Gasteiger charge is 2.35. The van der Waals surface area contributed by atoms with Gasteiger partial charge in [-0.15, -0.1) is 11.3 Å². The number of nitrogens with zero attached hydrogens (tertiary/aromatic N) is 2. The largest absolute Gasteiger partial charge is 0.443 e. The number of carbonyl (C=O) groups is 1. The van der Waals surface area contributed by atoms with E-state index in [1.807, 2.05) is 0 Å². The fourth-order valence-electron chi connectivity index (χ4n) is 1.18. The number of ketones is 1. The van der Waals surface area contributed by atoms with Crippen molar-refractivity contribution < 1.29 is 18.0 Å². The van der Waals surface area contributed by atoms with E-state index in [4.69, 9.17) is 11.6 Å². The van der Waals surface area contributed by atoms with Crippen molar-refractivity contribution >= 4 is 28.7 Å². The van der Waals surface area contributed by atoms with Gasteiger partial charge in [-0.05, 0) is 12.1 Å². The van der Waals surface area contributed by atoms with Crippen LogP contribution in [0.3, 0.4) is 0 Å². The van der Waals surface area contributed by atoms with Crippen LogP contribution >= 0.6 is 22.9 Å². The van der Waals surface area contributed by atoms with Crippen LogP contribution in [0.1, 0.15) is 20.4 Å². The van der Waals surface area contributed by atoms with Crippen LogP contribution in [0.2, 0.25) is 5.02 Å². The van der Waals surface area contributed by atoms with Crippen molar-refractivity contribution in [2.45, 2.75) is 6.18 Å². The number of carbonyl (C=O) groups excluding carboxylic acids is 1. The molecule has 0 fully saturated rings. The molecule has 0 aliphatic heterocycles. The summed E-state index contributed by atoms with van der Waals surface area (Å²) < 4.78 is 37.0. The van der Waals surface area contributed by atoms with Gasteiger partial charge in [-0.1, -0.05) is 11.6 Å². The predicted molar refractivity (Wildman–Crippen MR) is 59.8 cm³/mol. The normalized spacial score (nSPS) is 11.6. The fourth-order valence-corrected chi connectivity index (χ4v) is 2.11. The molecule has 3 nitrogen and oxygen atoms in total. The first-order chi connectivity index (χ1) is 8.39. The first kappa shape index (κ1) is 13.0. The Kier molecular flexibility index (Phi) is 3.36. The first-order valence-electron chi connectivity index (χ1n) is 4.58. The number of aromatic nitrogens is 2. The third kappa shape index (κ3) is 2.51. The van der Waals surface area contributed by atoms with Crippen LogP contribution in [0.4, 0.5) is 13.2 Å². The number of halogens is 4. The van der Waals surface area contributed by atoms with Crippen LogP contribution in [0.15, 0.2) is 24.5 Å². The molecule has 0 unspecified atom stereocenters. The smallest absolute Gasteiger partial charge is 0.286 e. The van der Waals surface area contributed by atoms with Crippen molar-refractivity contribution in [2.75, 3.05) is 0 Å². The number of thiazole rings is 1. The van der Waals surface area contributed by atoms with Gasteiger partial charge in [-0.25, -0.2) is 4.98 Å². The van der Waals surface area contributed by atoms with Gasteiger partial charge in [0.25, 0.3) is 0 Å². The van der Waals surface area contributed by atoms with Gasteiger partial charge < -0.3 is 0 Å². The van der Waals surface area contributed by atoms with Crippen LogP contribution < -0.4 is 0 Å². The summed E-state index contributed by atoms with van der Waals surface area (Å²) in [4.78, 5) is 18.6. The molecule has 0 aliphatic carbocycles. The number of pyridine rings is 1. The molecule has 0 amide bonds. The molecule has 0 atom stereocenters. The second-order valence-electron chi connectivity index (χ2n) is 3.19. The maximum Gasteiger partial charge on any atom is 0.443 e. The lowest BCUT2D eigenvalue weighted by molar-refractivity contribution is -0.137. The number of hydrogen-bond donors (Lipinski definition) is 0. The third-order valence-electron chi connectivity index (χ3n) is 1.95. The Morgan fingerprint density at radius 1 is 1.33 bits per heavy atom. The molecule has 0 bridgehead atoms. The van der Waals surface area contributed by atoms with Crippen LogP contribution in [-0.4, -0.2) is 15.8 Å². The first-order valence-corrected chi connectivity index (χ1v) is 5.77. The standard InChI is InChI=1S/C10H4ClF3N2OS/c11-5-2-1-3-15-7(5)8(17)6-4-16-9(18-6)10(12,13)14/h1-4H. The Hall–Kier alpha value is -1.47. The highest BCUT2D eigenvalue weighted by molar-refractivity contribution is 7.14. The molecular weight excluding hydrogens is 289 g/mol. The van der Waals surface area contributed by atoms with E-state index in [1.165, 1.54) is 18.3 Å². The molecule has 0 aliphatic rings. The van der Waals surface area contributed by atoms with Crippen molar-refractivity contribution in [3.8, 4) is 0 Å². The van der Waals surface area contributed by atoms with Crippen LogP contribution in [0, 0.1) is 0 Å².